The van der Waals surface area contributed by atoms with E-state index in [2.05, 4.69) is 23.3 Å². The van der Waals surface area contributed by atoms with Crippen molar-refractivity contribution in [3.63, 3.8) is 0 Å². The van der Waals surface area contributed by atoms with E-state index < -0.39 is 0 Å². The normalized spacial score (nSPS) is 7.76. The molecule has 21 heavy (non-hydrogen) atoms. The molecule has 0 saturated heterocycles. The third kappa shape index (κ3) is 10.6. The van der Waals surface area contributed by atoms with Crippen LogP contribution in [-0.4, -0.2) is 23.7 Å². The summed E-state index contributed by atoms with van der Waals surface area (Å²) in [5, 5.41) is 3.30. The van der Waals surface area contributed by atoms with Gasteiger partial charge in [-0.1, -0.05) is 32.0 Å². The molecule has 1 aromatic heterocycles. The molecule has 2 N–H and O–H groups in total. The van der Waals surface area contributed by atoms with Gasteiger partial charge in [-0.25, -0.2) is 0 Å². The first-order chi connectivity index (χ1) is 9.15. The minimum Gasteiger partial charge on any atom is -0.524 e. The van der Waals surface area contributed by atoms with E-state index in [1.165, 1.54) is 18.7 Å². The summed E-state index contributed by atoms with van der Waals surface area (Å²) in [6.07, 6.45) is 3.30. The number of carbonyl (C=O) groups is 1. The van der Waals surface area contributed by atoms with Crippen molar-refractivity contribution in [2.75, 3.05) is 6.54 Å². The van der Waals surface area contributed by atoms with Crippen LogP contribution in [0.1, 0.15) is 26.3 Å². The number of nitrogens with one attached hydrogen (secondary N) is 2. The van der Waals surface area contributed by atoms with Crippen molar-refractivity contribution in [3.8, 4) is 0 Å². The van der Waals surface area contributed by atoms with Crippen molar-refractivity contribution < 1.29 is 56.5 Å². The molecule has 0 aliphatic carbocycles. The number of Topliss-reactive ketones (excluding diaryl/α,β-unsaturated/α-hetero) is 1. The zero-order chi connectivity index (χ0) is 14.7. The number of amides is 1. The molecule has 4 nitrogen and oxygen atoms in total. The van der Waals surface area contributed by atoms with Crippen molar-refractivity contribution in [2.24, 2.45) is 0 Å². The Hall–Kier alpha value is -0.711. The number of aromatic amines is 1. The second kappa shape index (κ2) is 15.7. The van der Waals surface area contributed by atoms with Crippen LogP contribution in [0.25, 0.3) is 10.9 Å². The Morgan fingerprint density at radius 3 is 2.33 bits per heavy atom. The topological polar surface area (TPSA) is 62.0 Å². The molecule has 0 saturated carbocycles. The predicted octanol–water partition coefficient (Wildman–Crippen LogP) is 3.06. The van der Waals surface area contributed by atoms with Crippen LogP contribution in [0, 0.1) is 61.3 Å². The van der Waals surface area contributed by atoms with Crippen LogP contribution in [0.4, 0.5) is 0 Å². The Kier molecular flexibility index (Phi) is 18.8. The van der Waals surface area contributed by atoms with Gasteiger partial charge in [0.25, 0.3) is 0 Å². The van der Waals surface area contributed by atoms with E-state index in [0.29, 0.717) is 0 Å². The molecule has 0 aliphatic rings. The molecule has 5 heteroatoms. The SMILES string of the molecule is CC.CC(=O)CN[C-]=O.[CH2-]c1c[nH]c2ccccc12.[CH3-].[Yb+3]. The van der Waals surface area contributed by atoms with Gasteiger partial charge in [0.2, 0.25) is 0 Å². The Bertz CT molecular complexity index is 510. The van der Waals surface area contributed by atoms with Crippen LogP contribution in [0.3, 0.4) is 0 Å². The molecule has 1 amide bonds. The van der Waals surface area contributed by atoms with E-state index in [1.54, 1.807) is 0 Å². The largest absolute Gasteiger partial charge is 3.00 e. The van der Waals surface area contributed by atoms with Crippen LogP contribution in [0.5, 0.6) is 0 Å². The first-order valence-corrected chi connectivity index (χ1v) is 6.12. The number of ketones is 1. The predicted molar refractivity (Wildman–Crippen MR) is 84.9 cm³/mol. The van der Waals surface area contributed by atoms with Crippen molar-refractivity contribution >= 4 is 23.1 Å². The van der Waals surface area contributed by atoms with Crippen LogP contribution in [-0.2, 0) is 9.59 Å². The first-order valence-electron chi connectivity index (χ1n) is 6.12. The number of fused-ring (bicyclic) bond motifs is 1. The Morgan fingerprint density at radius 1 is 1.33 bits per heavy atom. The van der Waals surface area contributed by atoms with Crippen LogP contribution >= 0.6 is 0 Å². The van der Waals surface area contributed by atoms with E-state index in [4.69, 9.17) is 0 Å². The number of hydrogen-bond acceptors (Lipinski definition) is 2. The molecule has 0 bridgehead atoms. The Labute approximate surface area is 166 Å². The summed E-state index contributed by atoms with van der Waals surface area (Å²) in [7, 11) is 0. The maximum atomic E-state index is 9.96. The van der Waals surface area contributed by atoms with Crippen LogP contribution < -0.4 is 5.32 Å². The number of benzene rings is 1. The third-order valence-electron chi connectivity index (χ3n) is 2.08. The fraction of sp³-hybridized carbons (Fsp3) is 0.250. The molecule has 1 radical (unpaired) electrons. The van der Waals surface area contributed by atoms with Crippen molar-refractivity contribution in [2.45, 2.75) is 20.8 Å². The summed E-state index contributed by atoms with van der Waals surface area (Å²) in [6.45, 7) is 9.36. The number of hydrogen-bond donors (Lipinski definition) is 2. The van der Waals surface area contributed by atoms with Gasteiger partial charge in [-0.3, -0.25) is 4.79 Å². The monoisotopic (exact) mass is 449 g/mol. The van der Waals surface area contributed by atoms with E-state index in [1.807, 2.05) is 38.2 Å². The summed E-state index contributed by atoms with van der Waals surface area (Å²) in [4.78, 5) is 22.4. The zero-order valence-electron chi connectivity index (χ0n) is 12.9. The van der Waals surface area contributed by atoms with Gasteiger partial charge in [0.1, 0.15) is 5.78 Å². The van der Waals surface area contributed by atoms with E-state index in [0.717, 1.165) is 11.1 Å². The van der Waals surface area contributed by atoms with E-state index in [9.17, 15) is 9.59 Å². The average Bonchev–Trinajstić information content (AvgIpc) is 2.82. The van der Waals surface area contributed by atoms with Gasteiger partial charge >= 0.3 is 46.9 Å². The molecule has 0 atom stereocenters. The number of rotatable bonds is 3. The molecular formula is C16H23N2O2Yb. The maximum Gasteiger partial charge on any atom is 3.00 e. The van der Waals surface area contributed by atoms with Gasteiger partial charge in [0, 0.05) is 6.54 Å². The van der Waals surface area contributed by atoms with E-state index >= 15 is 0 Å². The van der Waals surface area contributed by atoms with Gasteiger partial charge in [-0.05, 0) is 12.4 Å². The Balaban J connectivity index is -0.000000267. The number of para-hydroxylation sites is 1. The molecule has 0 fully saturated rings. The van der Waals surface area contributed by atoms with Crippen LogP contribution in [0.15, 0.2) is 30.5 Å². The van der Waals surface area contributed by atoms with Gasteiger partial charge in [0.05, 0.1) is 0 Å². The number of H-pyrrole nitrogens is 1. The molecule has 0 unspecified atom stereocenters. The summed E-state index contributed by atoms with van der Waals surface area (Å²) in [5.74, 6) is -0.0663. The minimum atomic E-state index is -0.0663. The van der Waals surface area contributed by atoms with Gasteiger partial charge in [-0.15, -0.1) is 17.6 Å². The summed E-state index contributed by atoms with van der Waals surface area (Å²) >= 11 is 0. The standard InChI is InChI=1S/C9H8N.C4H6NO2.C2H6.CH3.Yb/c1-7-6-10-9-5-3-2-4-8(7)9;1-4(7)2-5-3-6;1-2;;/h2-6,10H,1H2;2H2,1H3,(H,5,6);1-2H3;1H3;/q2*-1;;-1;+3. The molecule has 1 heterocycles. The number of aromatic nitrogens is 1. The quantitative estimate of drug-likeness (QED) is 0.560. The molecule has 2 rings (SSSR count). The van der Waals surface area contributed by atoms with Crippen LogP contribution in [0.2, 0.25) is 0 Å². The summed E-state index contributed by atoms with van der Waals surface area (Å²) in [5.41, 5.74) is 2.23. The van der Waals surface area contributed by atoms with Crippen molar-refractivity contribution in [1.29, 1.82) is 0 Å². The Morgan fingerprint density at radius 2 is 1.90 bits per heavy atom. The number of carbonyl (C=O) groups excluding carboxylic acids is 2. The zero-order valence-corrected chi connectivity index (χ0v) is 14.6. The average molecular weight is 448 g/mol. The second-order valence-corrected chi connectivity index (χ2v) is 3.52. The van der Waals surface area contributed by atoms with Gasteiger partial charge in [0.15, 0.2) is 0 Å². The fourth-order valence-corrected chi connectivity index (χ4v) is 1.29. The summed E-state index contributed by atoms with van der Waals surface area (Å²) in [6, 6.07) is 8.14. The molecular weight excluding hydrogens is 425 g/mol. The van der Waals surface area contributed by atoms with Gasteiger partial charge in [-0.2, -0.15) is 18.9 Å². The molecule has 2 aromatic rings. The molecule has 0 aliphatic heterocycles. The molecule has 0 spiro atoms. The smallest absolute Gasteiger partial charge is 0.524 e. The van der Waals surface area contributed by atoms with Gasteiger partial charge < -0.3 is 22.5 Å². The third-order valence-corrected chi connectivity index (χ3v) is 2.08. The van der Waals surface area contributed by atoms with Crippen molar-refractivity contribution in [1.82, 2.24) is 10.3 Å². The minimum absolute atomic E-state index is 0. The first kappa shape index (κ1) is 25.3. The van der Waals surface area contributed by atoms with Crippen molar-refractivity contribution in [3.05, 3.63) is 50.4 Å². The second-order valence-electron chi connectivity index (χ2n) is 3.52. The molecule has 123 valence electrons. The molecule has 1 aromatic carbocycles. The summed E-state index contributed by atoms with van der Waals surface area (Å²) < 4.78 is 0. The van der Waals surface area contributed by atoms with E-state index in [-0.39, 0.29) is 66.7 Å². The fourth-order valence-electron chi connectivity index (χ4n) is 1.29. The maximum absolute atomic E-state index is 9.96.